The van der Waals surface area contributed by atoms with E-state index in [0.717, 1.165) is 38.2 Å². The molecule has 0 saturated heterocycles. The number of H-pyrrole nitrogens is 1. The van der Waals surface area contributed by atoms with Gasteiger partial charge in [0.05, 0.1) is 19.9 Å². The van der Waals surface area contributed by atoms with E-state index in [2.05, 4.69) is 24.9 Å². The van der Waals surface area contributed by atoms with Crippen molar-refractivity contribution >= 4 is 28.5 Å². The summed E-state index contributed by atoms with van der Waals surface area (Å²) in [5, 5.41) is 1.11. The Hall–Kier alpha value is -3.74. The Labute approximate surface area is 212 Å². The fourth-order valence-corrected chi connectivity index (χ4v) is 4.60. The van der Waals surface area contributed by atoms with Gasteiger partial charge >= 0.3 is 6.09 Å². The SMILES string of the molecule is COc1ccc(-c2[nH]c3ccc(C4=CC(=O)N(C(=O)OC(C)(C)C)CC4)cc3c2C(C)C)cc1OC. The van der Waals surface area contributed by atoms with Crippen molar-refractivity contribution in [3.05, 3.63) is 53.6 Å². The molecule has 0 radical (unpaired) electrons. The summed E-state index contributed by atoms with van der Waals surface area (Å²) in [6, 6.07) is 12.1. The molecule has 7 nitrogen and oxygen atoms in total. The number of carbonyl (C=O) groups is 2. The van der Waals surface area contributed by atoms with Gasteiger partial charge in [-0.15, -0.1) is 0 Å². The normalized spacial score (nSPS) is 14.3. The first-order valence-corrected chi connectivity index (χ1v) is 12.2. The Morgan fingerprint density at radius 1 is 1.00 bits per heavy atom. The number of aromatic amines is 1. The number of nitrogens with zero attached hydrogens (tertiary/aromatic N) is 1. The van der Waals surface area contributed by atoms with Crippen LogP contribution in [-0.2, 0) is 9.53 Å². The maximum atomic E-state index is 12.8. The largest absolute Gasteiger partial charge is 0.493 e. The molecule has 1 N–H and O–H groups in total. The Morgan fingerprint density at radius 3 is 2.31 bits per heavy atom. The van der Waals surface area contributed by atoms with Gasteiger partial charge in [-0.1, -0.05) is 19.9 Å². The fraction of sp³-hybridized carbons (Fsp3) is 0.379. The Balaban J connectivity index is 1.71. The van der Waals surface area contributed by atoms with E-state index in [9.17, 15) is 9.59 Å². The second-order valence-corrected chi connectivity index (χ2v) is 10.3. The zero-order valence-corrected chi connectivity index (χ0v) is 22.0. The summed E-state index contributed by atoms with van der Waals surface area (Å²) in [6.45, 7) is 9.99. The number of ether oxygens (including phenoxy) is 3. The van der Waals surface area contributed by atoms with Crippen LogP contribution >= 0.6 is 0 Å². The van der Waals surface area contributed by atoms with Crippen LogP contribution in [0.25, 0.3) is 27.7 Å². The lowest BCUT2D eigenvalue weighted by atomic mass is 9.93. The number of carbonyl (C=O) groups excluding carboxylic acids is 2. The van der Waals surface area contributed by atoms with Crippen LogP contribution in [0.5, 0.6) is 11.5 Å². The number of benzene rings is 2. The van der Waals surface area contributed by atoms with Crippen molar-refractivity contribution in [3.8, 4) is 22.8 Å². The van der Waals surface area contributed by atoms with E-state index < -0.39 is 11.7 Å². The van der Waals surface area contributed by atoms with Gasteiger partial charge in [0, 0.05) is 29.1 Å². The topological polar surface area (TPSA) is 80.9 Å². The predicted molar refractivity (Wildman–Crippen MR) is 141 cm³/mol. The first kappa shape index (κ1) is 25.4. The second-order valence-electron chi connectivity index (χ2n) is 10.3. The van der Waals surface area contributed by atoms with Crippen LogP contribution in [0.1, 0.15) is 58.1 Å². The van der Waals surface area contributed by atoms with E-state index in [4.69, 9.17) is 14.2 Å². The minimum atomic E-state index is -0.653. The molecule has 0 bridgehead atoms. The number of rotatable bonds is 5. The average Bonchev–Trinajstić information content (AvgIpc) is 3.21. The first-order valence-electron chi connectivity index (χ1n) is 12.2. The number of aromatic nitrogens is 1. The molecule has 36 heavy (non-hydrogen) atoms. The molecule has 4 rings (SSSR count). The molecule has 2 amide bonds. The highest BCUT2D eigenvalue weighted by Crippen LogP contribution is 2.40. The molecule has 0 unspecified atom stereocenters. The van der Waals surface area contributed by atoms with Crippen molar-refractivity contribution in [1.82, 2.24) is 9.88 Å². The van der Waals surface area contributed by atoms with Gasteiger partial charge in [0.25, 0.3) is 5.91 Å². The molecule has 1 aromatic heterocycles. The highest BCUT2D eigenvalue weighted by Gasteiger charge is 2.29. The van der Waals surface area contributed by atoms with E-state index in [1.807, 2.05) is 30.3 Å². The molecule has 3 aromatic rings. The highest BCUT2D eigenvalue weighted by atomic mass is 16.6. The van der Waals surface area contributed by atoms with Crippen LogP contribution in [0.4, 0.5) is 4.79 Å². The van der Waals surface area contributed by atoms with Gasteiger partial charge in [0.15, 0.2) is 11.5 Å². The highest BCUT2D eigenvalue weighted by molar-refractivity contribution is 6.05. The summed E-state index contributed by atoms with van der Waals surface area (Å²) in [5.41, 5.74) is 5.48. The molecule has 0 atom stereocenters. The van der Waals surface area contributed by atoms with Gasteiger partial charge in [-0.2, -0.15) is 0 Å². The number of hydrogen-bond donors (Lipinski definition) is 1. The molecule has 1 aliphatic rings. The minimum Gasteiger partial charge on any atom is -0.493 e. The number of nitrogens with one attached hydrogen (secondary N) is 1. The lowest BCUT2D eigenvalue weighted by molar-refractivity contribution is -0.125. The van der Waals surface area contributed by atoms with Gasteiger partial charge in [-0.3, -0.25) is 4.79 Å². The molecular formula is C29H34N2O5. The van der Waals surface area contributed by atoms with Gasteiger partial charge in [-0.25, -0.2) is 9.69 Å². The Morgan fingerprint density at radius 2 is 1.69 bits per heavy atom. The summed E-state index contributed by atoms with van der Waals surface area (Å²) in [7, 11) is 3.25. The Bertz CT molecular complexity index is 1340. The predicted octanol–water partition coefficient (Wildman–Crippen LogP) is 6.53. The summed E-state index contributed by atoms with van der Waals surface area (Å²) < 4.78 is 16.3. The molecule has 0 aliphatic carbocycles. The van der Waals surface area contributed by atoms with Crippen molar-refractivity contribution < 1.29 is 23.8 Å². The molecule has 2 aromatic carbocycles. The maximum Gasteiger partial charge on any atom is 0.417 e. The van der Waals surface area contributed by atoms with Crippen LogP contribution in [-0.4, -0.2) is 48.2 Å². The zero-order chi connectivity index (χ0) is 26.2. The van der Waals surface area contributed by atoms with Crippen molar-refractivity contribution in [2.45, 2.75) is 52.6 Å². The average molecular weight is 491 g/mol. The lowest BCUT2D eigenvalue weighted by Gasteiger charge is -2.28. The van der Waals surface area contributed by atoms with E-state index in [1.54, 1.807) is 41.1 Å². The van der Waals surface area contributed by atoms with Crippen molar-refractivity contribution in [1.29, 1.82) is 0 Å². The second kappa shape index (κ2) is 9.72. The van der Waals surface area contributed by atoms with Crippen molar-refractivity contribution in [2.24, 2.45) is 0 Å². The molecule has 7 heteroatoms. The quantitative estimate of drug-likeness (QED) is 0.440. The van der Waals surface area contributed by atoms with E-state index in [1.165, 1.54) is 5.56 Å². The van der Waals surface area contributed by atoms with Gasteiger partial charge < -0.3 is 19.2 Å². The molecule has 2 heterocycles. The number of imide groups is 1. The fourth-order valence-electron chi connectivity index (χ4n) is 4.60. The third kappa shape index (κ3) is 4.96. The van der Waals surface area contributed by atoms with Crippen LogP contribution in [0, 0.1) is 0 Å². The summed E-state index contributed by atoms with van der Waals surface area (Å²) in [6.07, 6.45) is 1.51. The van der Waals surface area contributed by atoms with E-state index >= 15 is 0 Å². The van der Waals surface area contributed by atoms with Crippen LogP contribution in [0.2, 0.25) is 0 Å². The van der Waals surface area contributed by atoms with Gasteiger partial charge in [-0.05, 0) is 80.1 Å². The summed E-state index contributed by atoms with van der Waals surface area (Å²) >= 11 is 0. The van der Waals surface area contributed by atoms with Crippen LogP contribution in [0.15, 0.2) is 42.5 Å². The third-order valence-electron chi connectivity index (χ3n) is 6.24. The number of hydrogen-bond acceptors (Lipinski definition) is 5. The van der Waals surface area contributed by atoms with Crippen molar-refractivity contribution in [2.75, 3.05) is 20.8 Å². The lowest BCUT2D eigenvalue weighted by Crippen LogP contribution is -2.42. The van der Waals surface area contributed by atoms with E-state index in [-0.39, 0.29) is 11.8 Å². The molecule has 0 fully saturated rings. The number of methoxy groups -OCH3 is 2. The van der Waals surface area contributed by atoms with Crippen LogP contribution in [0.3, 0.4) is 0 Å². The molecule has 0 spiro atoms. The molecule has 0 saturated carbocycles. The van der Waals surface area contributed by atoms with Crippen LogP contribution < -0.4 is 9.47 Å². The molecule has 190 valence electrons. The number of fused-ring (bicyclic) bond motifs is 1. The monoisotopic (exact) mass is 490 g/mol. The standard InChI is InChI=1S/C29H34N2O5/c1-17(2)26-21-14-18(19-12-13-31(25(32)16-19)28(33)36-29(3,4)5)8-10-22(21)30-27(26)20-9-11-23(34-6)24(15-20)35-7/h8-11,14-17,30H,12-13H2,1-7H3. The van der Waals surface area contributed by atoms with Crippen molar-refractivity contribution in [3.63, 3.8) is 0 Å². The Kier molecular flexibility index (Phi) is 6.85. The summed E-state index contributed by atoms with van der Waals surface area (Å²) in [4.78, 5) is 29.9. The maximum absolute atomic E-state index is 12.8. The number of amides is 2. The zero-order valence-electron chi connectivity index (χ0n) is 22.0. The minimum absolute atomic E-state index is 0.252. The van der Waals surface area contributed by atoms with E-state index in [0.29, 0.717) is 24.5 Å². The molecular weight excluding hydrogens is 456 g/mol. The van der Waals surface area contributed by atoms with Gasteiger partial charge in [0.2, 0.25) is 0 Å². The third-order valence-corrected chi connectivity index (χ3v) is 6.24. The summed E-state index contributed by atoms with van der Waals surface area (Å²) in [5.74, 6) is 1.25. The molecule has 1 aliphatic heterocycles. The smallest absolute Gasteiger partial charge is 0.417 e. The first-order chi connectivity index (χ1) is 17.0. The van der Waals surface area contributed by atoms with Gasteiger partial charge in [0.1, 0.15) is 5.60 Å².